The van der Waals surface area contributed by atoms with Crippen molar-refractivity contribution < 1.29 is 9.59 Å². The first-order valence-electron chi connectivity index (χ1n) is 4.65. The lowest BCUT2D eigenvalue weighted by Gasteiger charge is -2.12. The van der Waals surface area contributed by atoms with Crippen LogP contribution >= 0.6 is 15.9 Å². The molecule has 0 N–H and O–H groups in total. The van der Waals surface area contributed by atoms with Gasteiger partial charge in [0, 0.05) is 16.6 Å². The van der Waals surface area contributed by atoms with Gasteiger partial charge in [-0.3, -0.25) is 9.59 Å². The summed E-state index contributed by atoms with van der Waals surface area (Å²) in [5.41, 5.74) is 1.69. The van der Waals surface area contributed by atoms with E-state index in [0.29, 0.717) is 12.1 Å². The molecule has 1 aliphatic rings. The van der Waals surface area contributed by atoms with E-state index in [9.17, 15) is 9.59 Å². The van der Waals surface area contributed by atoms with Gasteiger partial charge >= 0.3 is 0 Å². The molecular weight excluding hydrogens is 258 g/mol. The first kappa shape index (κ1) is 10.4. The molecule has 78 valence electrons. The first-order valence-corrected chi connectivity index (χ1v) is 5.44. The van der Waals surface area contributed by atoms with Crippen LogP contribution in [0.3, 0.4) is 0 Å². The largest absolute Gasteiger partial charge is 0.327 e. The van der Waals surface area contributed by atoms with Crippen LogP contribution in [0.25, 0.3) is 0 Å². The van der Waals surface area contributed by atoms with Crippen molar-refractivity contribution in [1.29, 1.82) is 0 Å². The van der Waals surface area contributed by atoms with E-state index in [1.807, 2.05) is 12.1 Å². The van der Waals surface area contributed by atoms with E-state index in [-0.39, 0.29) is 18.2 Å². The Morgan fingerprint density at radius 3 is 2.93 bits per heavy atom. The van der Waals surface area contributed by atoms with Gasteiger partial charge in [0.25, 0.3) is 5.91 Å². The van der Waals surface area contributed by atoms with Gasteiger partial charge in [-0.1, -0.05) is 22.0 Å². The van der Waals surface area contributed by atoms with Gasteiger partial charge in [-0.25, -0.2) is 0 Å². The summed E-state index contributed by atoms with van der Waals surface area (Å²) in [7, 11) is 0. The summed E-state index contributed by atoms with van der Waals surface area (Å²) in [6.07, 6.45) is 0. The van der Waals surface area contributed by atoms with Crippen LogP contribution in [0.1, 0.15) is 22.8 Å². The van der Waals surface area contributed by atoms with Gasteiger partial charge in [0.15, 0.2) is 0 Å². The smallest absolute Gasteiger partial charge is 0.254 e. The number of rotatable bonds is 2. The lowest BCUT2D eigenvalue weighted by atomic mass is 10.1. The minimum absolute atomic E-state index is 0.00946. The van der Waals surface area contributed by atoms with Gasteiger partial charge < -0.3 is 4.90 Å². The van der Waals surface area contributed by atoms with Crippen LogP contribution in [0.5, 0.6) is 0 Å². The SMILES string of the molecule is CC(=O)CN1Cc2ccc(Br)cc2C1=O. The summed E-state index contributed by atoms with van der Waals surface area (Å²) in [6.45, 7) is 2.23. The molecule has 0 radical (unpaired) electrons. The highest BCUT2D eigenvalue weighted by molar-refractivity contribution is 9.10. The molecule has 2 rings (SSSR count). The fraction of sp³-hybridized carbons (Fsp3) is 0.273. The second kappa shape index (κ2) is 3.77. The van der Waals surface area contributed by atoms with Crippen LogP contribution in [0, 0.1) is 0 Å². The normalized spacial score (nSPS) is 14.3. The van der Waals surface area contributed by atoms with Crippen molar-refractivity contribution in [3.8, 4) is 0 Å². The van der Waals surface area contributed by atoms with E-state index in [4.69, 9.17) is 0 Å². The average molecular weight is 268 g/mol. The molecule has 4 heteroatoms. The van der Waals surface area contributed by atoms with Crippen molar-refractivity contribution in [2.75, 3.05) is 6.54 Å². The molecule has 0 aliphatic carbocycles. The molecule has 0 atom stereocenters. The summed E-state index contributed by atoms with van der Waals surface area (Å²) >= 11 is 3.33. The highest BCUT2D eigenvalue weighted by Gasteiger charge is 2.27. The molecule has 15 heavy (non-hydrogen) atoms. The highest BCUT2D eigenvalue weighted by atomic mass is 79.9. The lowest BCUT2D eigenvalue weighted by molar-refractivity contribution is -0.117. The molecule has 0 saturated heterocycles. The zero-order valence-electron chi connectivity index (χ0n) is 8.29. The van der Waals surface area contributed by atoms with E-state index in [0.717, 1.165) is 10.0 Å². The Morgan fingerprint density at radius 1 is 1.53 bits per heavy atom. The number of benzene rings is 1. The molecule has 0 saturated carbocycles. The van der Waals surface area contributed by atoms with Gasteiger partial charge in [0.1, 0.15) is 5.78 Å². The van der Waals surface area contributed by atoms with E-state index < -0.39 is 0 Å². The summed E-state index contributed by atoms with van der Waals surface area (Å²) in [6, 6.07) is 5.62. The first-order chi connectivity index (χ1) is 7.08. The Kier molecular flexibility index (Phi) is 2.61. The number of fused-ring (bicyclic) bond motifs is 1. The van der Waals surface area contributed by atoms with Crippen molar-refractivity contribution >= 4 is 27.6 Å². The number of nitrogens with zero attached hydrogens (tertiary/aromatic N) is 1. The second-order valence-electron chi connectivity index (χ2n) is 3.66. The topological polar surface area (TPSA) is 37.4 Å². The summed E-state index contributed by atoms with van der Waals surface area (Å²) in [4.78, 5) is 24.4. The molecule has 1 heterocycles. The zero-order valence-corrected chi connectivity index (χ0v) is 9.87. The lowest BCUT2D eigenvalue weighted by Crippen LogP contribution is -2.28. The molecule has 0 unspecified atom stereocenters. The summed E-state index contributed by atoms with van der Waals surface area (Å²) in [5.74, 6) is -0.0447. The molecular formula is C11H10BrNO2. The fourth-order valence-corrected chi connectivity index (χ4v) is 2.09. The summed E-state index contributed by atoms with van der Waals surface area (Å²) in [5, 5.41) is 0. The average Bonchev–Trinajstić information content (AvgIpc) is 2.44. The van der Waals surface area contributed by atoms with Crippen molar-refractivity contribution in [3.05, 3.63) is 33.8 Å². The van der Waals surface area contributed by atoms with Gasteiger partial charge in [0.2, 0.25) is 0 Å². The maximum atomic E-state index is 11.8. The monoisotopic (exact) mass is 267 g/mol. The van der Waals surface area contributed by atoms with E-state index in [1.165, 1.54) is 6.92 Å². The van der Waals surface area contributed by atoms with Crippen LogP contribution in [0.2, 0.25) is 0 Å². The minimum atomic E-state index is -0.0542. The standard InChI is InChI=1S/C11H10BrNO2/c1-7(14)5-13-6-8-2-3-9(12)4-10(8)11(13)15/h2-4H,5-6H2,1H3. The van der Waals surface area contributed by atoms with Crippen LogP contribution < -0.4 is 0 Å². The van der Waals surface area contributed by atoms with Gasteiger partial charge in [-0.05, 0) is 24.6 Å². The molecule has 3 nitrogen and oxygen atoms in total. The van der Waals surface area contributed by atoms with Crippen molar-refractivity contribution in [1.82, 2.24) is 4.90 Å². The van der Waals surface area contributed by atoms with Crippen molar-refractivity contribution in [2.45, 2.75) is 13.5 Å². The maximum Gasteiger partial charge on any atom is 0.254 e. The third kappa shape index (κ3) is 1.95. The predicted octanol–water partition coefficient (Wildman–Crippen LogP) is 1.99. The second-order valence-corrected chi connectivity index (χ2v) is 4.58. The predicted molar refractivity (Wildman–Crippen MR) is 59.6 cm³/mol. The number of hydrogen-bond acceptors (Lipinski definition) is 2. The Morgan fingerprint density at radius 2 is 2.27 bits per heavy atom. The minimum Gasteiger partial charge on any atom is -0.327 e. The Hall–Kier alpha value is -1.16. The number of halogens is 1. The number of carbonyl (C=O) groups excluding carboxylic acids is 2. The molecule has 1 aliphatic heterocycles. The third-order valence-electron chi connectivity index (χ3n) is 2.36. The number of carbonyl (C=O) groups is 2. The molecule has 0 aromatic heterocycles. The number of Topliss-reactive ketones (excluding diaryl/α,β-unsaturated/α-hetero) is 1. The molecule has 0 fully saturated rings. The maximum absolute atomic E-state index is 11.8. The van der Waals surface area contributed by atoms with Crippen molar-refractivity contribution in [2.24, 2.45) is 0 Å². The number of ketones is 1. The summed E-state index contributed by atoms with van der Waals surface area (Å²) < 4.78 is 0.888. The Balaban J connectivity index is 2.29. The quantitative estimate of drug-likeness (QED) is 0.822. The van der Waals surface area contributed by atoms with Crippen LogP contribution in [0.4, 0.5) is 0 Å². The highest BCUT2D eigenvalue weighted by Crippen LogP contribution is 2.25. The fourth-order valence-electron chi connectivity index (χ4n) is 1.73. The molecule has 0 spiro atoms. The van der Waals surface area contributed by atoms with Gasteiger partial charge in [-0.15, -0.1) is 0 Å². The van der Waals surface area contributed by atoms with Gasteiger partial charge in [0.05, 0.1) is 6.54 Å². The van der Waals surface area contributed by atoms with E-state index >= 15 is 0 Å². The third-order valence-corrected chi connectivity index (χ3v) is 2.86. The zero-order chi connectivity index (χ0) is 11.0. The van der Waals surface area contributed by atoms with Crippen LogP contribution in [-0.2, 0) is 11.3 Å². The molecule has 0 bridgehead atoms. The van der Waals surface area contributed by atoms with Gasteiger partial charge in [-0.2, -0.15) is 0 Å². The molecule has 1 aromatic carbocycles. The van der Waals surface area contributed by atoms with E-state index in [2.05, 4.69) is 15.9 Å². The van der Waals surface area contributed by atoms with Crippen molar-refractivity contribution in [3.63, 3.8) is 0 Å². The molecule has 1 aromatic rings. The van der Waals surface area contributed by atoms with Crippen LogP contribution in [-0.4, -0.2) is 23.1 Å². The Labute approximate surface area is 96.2 Å². The number of amides is 1. The molecule has 1 amide bonds. The Bertz CT molecular complexity index is 442. The number of hydrogen-bond donors (Lipinski definition) is 0. The van der Waals surface area contributed by atoms with Crippen LogP contribution in [0.15, 0.2) is 22.7 Å². The van der Waals surface area contributed by atoms with E-state index in [1.54, 1.807) is 11.0 Å².